The summed E-state index contributed by atoms with van der Waals surface area (Å²) in [5.74, 6) is -1.95. The van der Waals surface area contributed by atoms with Crippen LogP contribution in [0.5, 0.6) is 5.75 Å². The third-order valence-corrected chi connectivity index (χ3v) is 6.38. The van der Waals surface area contributed by atoms with Crippen molar-refractivity contribution in [2.45, 2.75) is 0 Å². The largest absolute Gasteiger partial charge is 0.421 e. The van der Waals surface area contributed by atoms with Crippen molar-refractivity contribution in [1.29, 1.82) is 0 Å². The maximum Gasteiger partial charge on any atom is 0.343 e. The van der Waals surface area contributed by atoms with Crippen molar-refractivity contribution in [3.05, 3.63) is 97.0 Å². The quantitative estimate of drug-likeness (QED) is 0.209. The molecule has 172 valence electrons. The second-order valence-corrected chi connectivity index (χ2v) is 8.88. The molecule has 0 unspecified atom stereocenters. The summed E-state index contributed by atoms with van der Waals surface area (Å²) in [4.78, 5) is 38.8. The lowest BCUT2D eigenvalue weighted by molar-refractivity contribution is -0.120. The Bertz CT molecular complexity index is 1370. The van der Waals surface area contributed by atoms with Gasteiger partial charge in [0.25, 0.3) is 11.8 Å². The first-order valence-corrected chi connectivity index (χ1v) is 11.3. The maximum absolute atomic E-state index is 12.9. The topological polar surface area (TPSA) is 75.7 Å². The fourth-order valence-electron chi connectivity index (χ4n) is 3.05. The lowest BCUT2D eigenvalue weighted by Gasteiger charge is -2.17. The van der Waals surface area contributed by atoms with Gasteiger partial charge in [-0.15, -0.1) is 0 Å². The molecule has 2 amide bonds. The fraction of sp³-hybridized carbons (Fsp3) is 0. The van der Waals surface area contributed by atoms with Crippen molar-refractivity contribution in [3.63, 3.8) is 0 Å². The Kier molecular flexibility index (Phi) is 7.07. The average Bonchev–Trinajstić information content (AvgIpc) is 3.01. The monoisotopic (exact) mass is 554 g/mol. The van der Waals surface area contributed by atoms with Gasteiger partial charge >= 0.3 is 5.97 Å². The molecule has 6 nitrogen and oxygen atoms in total. The molecule has 0 aromatic heterocycles. The second kappa shape index (κ2) is 9.86. The van der Waals surface area contributed by atoms with E-state index in [2.05, 4.69) is 5.32 Å². The van der Waals surface area contributed by atoms with Crippen LogP contribution in [0.25, 0.3) is 0 Å². The Morgan fingerprint density at radius 3 is 2.21 bits per heavy atom. The molecule has 0 fully saturated rings. The third kappa shape index (κ3) is 4.73. The number of imide groups is 1. The number of rotatable bonds is 5. The molecular formula is C23H11Cl5N2O4. The number of anilines is 2. The highest BCUT2D eigenvalue weighted by molar-refractivity contribution is 6.54. The number of esters is 1. The van der Waals surface area contributed by atoms with E-state index >= 15 is 0 Å². The van der Waals surface area contributed by atoms with Crippen LogP contribution in [0.2, 0.25) is 20.1 Å². The van der Waals surface area contributed by atoms with Crippen LogP contribution in [0.4, 0.5) is 11.4 Å². The molecule has 0 aliphatic carbocycles. The zero-order valence-electron chi connectivity index (χ0n) is 16.7. The van der Waals surface area contributed by atoms with Gasteiger partial charge in [0.2, 0.25) is 0 Å². The minimum absolute atomic E-state index is 0.0419. The molecule has 1 aliphatic heterocycles. The van der Waals surface area contributed by atoms with Gasteiger partial charge in [0.1, 0.15) is 16.5 Å². The highest BCUT2D eigenvalue weighted by Gasteiger charge is 2.40. The summed E-state index contributed by atoms with van der Waals surface area (Å²) in [5, 5.41) is 3.31. The Hall–Kier alpha value is -2.74. The van der Waals surface area contributed by atoms with Crippen molar-refractivity contribution in [2.24, 2.45) is 0 Å². The van der Waals surface area contributed by atoms with Crippen molar-refractivity contribution in [1.82, 2.24) is 0 Å². The predicted octanol–water partition coefficient (Wildman–Crippen LogP) is 6.96. The molecule has 0 bridgehead atoms. The van der Waals surface area contributed by atoms with Crippen molar-refractivity contribution in [3.8, 4) is 5.75 Å². The molecule has 3 aromatic carbocycles. The number of nitrogens with one attached hydrogen (secondary N) is 1. The summed E-state index contributed by atoms with van der Waals surface area (Å²) < 4.78 is 5.28. The Balaban J connectivity index is 1.50. The van der Waals surface area contributed by atoms with Gasteiger partial charge in [-0.2, -0.15) is 0 Å². The molecule has 0 saturated carbocycles. The van der Waals surface area contributed by atoms with Crippen LogP contribution in [0.3, 0.4) is 0 Å². The van der Waals surface area contributed by atoms with Crippen LogP contribution in [-0.4, -0.2) is 17.8 Å². The van der Waals surface area contributed by atoms with Crippen LogP contribution in [0.15, 0.2) is 71.4 Å². The summed E-state index contributed by atoms with van der Waals surface area (Å²) in [6.07, 6.45) is 0. The maximum atomic E-state index is 12.9. The van der Waals surface area contributed by atoms with Crippen LogP contribution in [0.1, 0.15) is 10.4 Å². The van der Waals surface area contributed by atoms with Crippen LogP contribution in [0, 0.1) is 0 Å². The third-order valence-electron chi connectivity index (χ3n) is 4.69. The summed E-state index contributed by atoms with van der Waals surface area (Å²) in [6.45, 7) is 0. The Morgan fingerprint density at radius 2 is 1.53 bits per heavy atom. The van der Waals surface area contributed by atoms with Crippen molar-refractivity contribution >= 4 is 87.2 Å². The van der Waals surface area contributed by atoms with Gasteiger partial charge in [-0.1, -0.05) is 64.1 Å². The van der Waals surface area contributed by atoms with Gasteiger partial charge in [0.05, 0.1) is 26.3 Å². The number of hydrogen-bond acceptors (Lipinski definition) is 5. The lowest BCUT2D eigenvalue weighted by Crippen LogP contribution is -2.32. The zero-order valence-corrected chi connectivity index (χ0v) is 20.5. The van der Waals surface area contributed by atoms with Gasteiger partial charge < -0.3 is 10.1 Å². The van der Waals surface area contributed by atoms with E-state index in [9.17, 15) is 14.4 Å². The summed E-state index contributed by atoms with van der Waals surface area (Å²) in [5.41, 5.74) is 0.580. The Morgan fingerprint density at radius 1 is 0.824 bits per heavy atom. The molecule has 0 spiro atoms. The molecule has 0 saturated heterocycles. The van der Waals surface area contributed by atoms with E-state index < -0.39 is 17.8 Å². The van der Waals surface area contributed by atoms with Gasteiger partial charge in [-0.3, -0.25) is 9.59 Å². The number of halogens is 5. The lowest BCUT2D eigenvalue weighted by atomic mass is 10.2. The van der Waals surface area contributed by atoms with Crippen LogP contribution >= 0.6 is 58.0 Å². The molecule has 1 heterocycles. The van der Waals surface area contributed by atoms with E-state index in [1.807, 2.05) is 0 Å². The number of nitrogens with zero attached hydrogens (tertiary/aromatic N) is 1. The number of ether oxygens (including phenoxy) is 1. The summed E-state index contributed by atoms with van der Waals surface area (Å²) >= 11 is 30.2. The normalized spacial score (nSPS) is 13.5. The molecule has 1 aliphatic rings. The van der Waals surface area contributed by atoms with Gasteiger partial charge in [0, 0.05) is 10.7 Å². The summed E-state index contributed by atoms with van der Waals surface area (Å²) in [7, 11) is 0. The van der Waals surface area contributed by atoms with E-state index in [0.29, 0.717) is 10.7 Å². The number of amides is 2. The summed E-state index contributed by atoms with van der Waals surface area (Å²) in [6, 6.07) is 15.0. The number of benzene rings is 3. The zero-order chi connectivity index (χ0) is 24.6. The van der Waals surface area contributed by atoms with Crippen molar-refractivity contribution < 1.29 is 19.1 Å². The molecular weight excluding hydrogens is 546 g/mol. The molecule has 0 radical (unpaired) electrons. The smallest absolute Gasteiger partial charge is 0.343 e. The van der Waals surface area contributed by atoms with Gasteiger partial charge in [-0.05, 0) is 54.6 Å². The standard InChI is InChI=1S/C23H11Cl5N2O4/c24-12-6-9-17(15(26)10-12)34-23(33)11-4-7-13(8-5-11)29-20-19(28)21(31)30(22(20)32)16-3-1-2-14(25)18(16)27/h1-10,29H. The van der Waals surface area contributed by atoms with Crippen LogP contribution in [-0.2, 0) is 9.59 Å². The number of carbonyl (C=O) groups excluding carboxylic acids is 3. The van der Waals surface area contributed by atoms with E-state index in [-0.39, 0.29) is 42.8 Å². The molecule has 1 N–H and O–H groups in total. The van der Waals surface area contributed by atoms with Crippen molar-refractivity contribution in [2.75, 3.05) is 10.2 Å². The molecule has 0 atom stereocenters. The number of hydrogen-bond donors (Lipinski definition) is 1. The van der Waals surface area contributed by atoms with E-state index in [4.69, 9.17) is 62.7 Å². The first-order chi connectivity index (χ1) is 16.2. The first-order valence-electron chi connectivity index (χ1n) is 9.44. The molecule has 34 heavy (non-hydrogen) atoms. The van der Waals surface area contributed by atoms with Crippen LogP contribution < -0.4 is 15.0 Å². The first kappa shape index (κ1) is 24.4. The highest BCUT2D eigenvalue weighted by Crippen LogP contribution is 2.37. The Labute approximate surface area is 218 Å². The fourth-order valence-corrected chi connectivity index (χ4v) is 4.09. The second-order valence-electron chi connectivity index (χ2n) is 6.87. The molecule has 4 rings (SSSR count). The van der Waals surface area contributed by atoms with Gasteiger partial charge in [0.15, 0.2) is 0 Å². The van der Waals surface area contributed by atoms with E-state index in [1.165, 1.54) is 48.5 Å². The minimum Gasteiger partial charge on any atom is -0.421 e. The predicted molar refractivity (Wildman–Crippen MR) is 133 cm³/mol. The van der Waals surface area contributed by atoms with Gasteiger partial charge in [-0.25, -0.2) is 9.69 Å². The average molecular weight is 557 g/mol. The minimum atomic E-state index is -0.752. The SMILES string of the molecule is O=C(Oc1ccc(Cl)cc1Cl)c1ccc(NC2=C(Cl)C(=O)N(c3cccc(Cl)c3Cl)C2=O)cc1. The highest BCUT2D eigenvalue weighted by atomic mass is 35.5. The molecule has 11 heteroatoms. The van der Waals surface area contributed by atoms with E-state index in [1.54, 1.807) is 12.1 Å². The number of carbonyl (C=O) groups is 3. The molecule has 3 aromatic rings. The van der Waals surface area contributed by atoms with E-state index in [0.717, 1.165) is 4.90 Å².